The van der Waals surface area contributed by atoms with Crippen molar-refractivity contribution >= 4 is 29.3 Å². The van der Waals surface area contributed by atoms with Gasteiger partial charge in [0, 0.05) is 6.04 Å². The van der Waals surface area contributed by atoms with Crippen LogP contribution in [0.4, 0.5) is 5.82 Å². The summed E-state index contributed by atoms with van der Waals surface area (Å²) in [7, 11) is 0. The summed E-state index contributed by atoms with van der Waals surface area (Å²) in [6.07, 6.45) is 7.82. The molecule has 26 heavy (non-hydrogen) atoms. The molecule has 3 aromatic rings. The minimum absolute atomic E-state index is 0. The van der Waals surface area contributed by atoms with E-state index in [-0.39, 0.29) is 12.4 Å². The highest BCUT2D eigenvalue weighted by atomic mass is 35.5. The first-order valence-electron chi connectivity index (χ1n) is 8.86. The molecule has 138 valence electrons. The number of ether oxygens (including phenoxy) is 1. The maximum absolute atomic E-state index is 6.09. The van der Waals surface area contributed by atoms with E-state index in [1.807, 2.05) is 0 Å². The van der Waals surface area contributed by atoms with Crippen molar-refractivity contribution in [1.29, 1.82) is 0 Å². The topological polar surface area (TPSA) is 75.7 Å². The van der Waals surface area contributed by atoms with E-state index in [2.05, 4.69) is 56.7 Å². The fraction of sp³-hybridized carbons (Fsp3) is 0.421. The van der Waals surface area contributed by atoms with E-state index in [0.29, 0.717) is 12.1 Å². The molecule has 2 aromatic heterocycles. The summed E-state index contributed by atoms with van der Waals surface area (Å²) in [6, 6.07) is 9.07. The number of benzene rings is 1. The van der Waals surface area contributed by atoms with Gasteiger partial charge in [0.2, 0.25) is 0 Å². The summed E-state index contributed by atoms with van der Waals surface area (Å²) in [6.45, 7) is 2.89. The highest BCUT2D eigenvalue weighted by Crippen LogP contribution is 2.27. The second-order valence-corrected chi connectivity index (χ2v) is 6.74. The SMILES string of the molecule is Cc1ccc(CCO[C@H]2CC[C@H](Nc3ncnc4[nH]ncc34)C2)cc1.Cl. The molecule has 0 spiro atoms. The summed E-state index contributed by atoms with van der Waals surface area (Å²) in [5.74, 6) is 0.851. The molecular weight excluding hydrogens is 350 g/mol. The van der Waals surface area contributed by atoms with Crippen molar-refractivity contribution in [3.63, 3.8) is 0 Å². The first kappa shape index (κ1) is 18.6. The van der Waals surface area contributed by atoms with Gasteiger partial charge in [0.1, 0.15) is 12.1 Å². The monoisotopic (exact) mass is 373 g/mol. The van der Waals surface area contributed by atoms with Gasteiger partial charge in [0.15, 0.2) is 5.65 Å². The molecule has 0 amide bonds. The van der Waals surface area contributed by atoms with E-state index in [0.717, 1.165) is 49.1 Å². The zero-order chi connectivity index (χ0) is 17.1. The molecule has 0 aliphatic heterocycles. The fourth-order valence-corrected chi connectivity index (χ4v) is 3.39. The molecule has 0 bridgehead atoms. The third-order valence-corrected chi connectivity index (χ3v) is 4.84. The fourth-order valence-electron chi connectivity index (χ4n) is 3.39. The normalized spacial score (nSPS) is 19.4. The Bertz CT molecular complexity index is 835. The second kappa shape index (κ2) is 8.47. The number of aromatic nitrogens is 4. The molecule has 1 aliphatic rings. The van der Waals surface area contributed by atoms with Gasteiger partial charge in [-0.25, -0.2) is 9.97 Å². The van der Waals surface area contributed by atoms with E-state index >= 15 is 0 Å². The van der Waals surface area contributed by atoms with Gasteiger partial charge in [-0.05, 0) is 38.2 Å². The summed E-state index contributed by atoms with van der Waals surface area (Å²) in [4.78, 5) is 8.53. The molecule has 0 unspecified atom stereocenters. The second-order valence-electron chi connectivity index (χ2n) is 6.74. The lowest BCUT2D eigenvalue weighted by Gasteiger charge is -2.15. The number of halogens is 1. The molecule has 1 aliphatic carbocycles. The van der Waals surface area contributed by atoms with Crippen LogP contribution < -0.4 is 5.32 Å². The number of fused-ring (bicyclic) bond motifs is 1. The molecule has 1 fully saturated rings. The number of aromatic amines is 1. The van der Waals surface area contributed by atoms with Crippen molar-refractivity contribution in [3.05, 3.63) is 47.9 Å². The maximum Gasteiger partial charge on any atom is 0.160 e. The maximum atomic E-state index is 6.09. The number of hydrogen-bond donors (Lipinski definition) is 2. The predicted octanol–water partition coefficient (Wildman–Crippen LogP) is 3.68. The first-order chi connectivity index (χ1) is 12.3. The Labute approximate surface area is 159 Å². The molecule has 1 aromatic carbocycles. The summed E-state index contributed by atoms with van der Waals surface area (Å²) in [5.41, 5.74) is 3.40. The smallest absolute Gasteiger partial charge is 0.160 e. The van der Waals surface area contributed by atoms with Crippen LogP contribution in [0.15, 0.2) is 36.8 Å². The third kappa shape index (κ3) is 4.31. The molecule has 6 nitrogen and oxygen atoms in total. The molecule has 2 N–H and O–H groups in total. The minimum Gasteiger partial charge on any atom is -0.378 e. The van der Waals surface area contributed by atoms with Gasteiger partial charge in [-0.1, -0.05) is 29.8 Å². The van der Waals surface area contributed by atoms with E-state index in [1.165, 1.54) is 11.1 Å². The molecule has 2 atom stereocenters. The number of rotatable bonds is 6. The average Bonchev–Trinajstić information content (AvgIpc) is 3.27. The van der Waals surface area contributed by atoms with Crippen LogP contribution in [0, 0.1) is 6.92 Å². The van der Waals surface area contributed by atoms with Gasteiger partial charge in [-0.3, -0.25) is 5.10 Å². The molecule has 4 rings (SSSR count). The Kier molecular flexibility index (Phi) is 6.06. The Morgan fingerprint density at radius 3 is 2.88 bits per heavy atom. The molecule has 0 saturated heterocycles. The number of H-pyrrole nitrogens is 1. The molecular formula is C19H24ClN5O. The summed E-state index contributed by atoms with van der Waals surface area (Å²) < 4.78 is 6.09. The van der Waals surface area contributed by atoms with Crippen molar-refractivity contribution in [3.8, 4) is 0 Å². The molecule has 1 saturated carbocycles. The lowest BCUT2D eigenvalue weighted by atomic mass is 10.1. The highest BCUT2D eigenvalue weighted by Gasteiger charge is 2.26. The average molecular weight is 374 g/mol. The van der Waals surface area contributed by atoms with Gasteiger partial charge < -0.3 is 10.1 Å². The largest absolute Gasteiger partial charge is 0.378 e. The van der Waals surface area contributed by atoms with Gasteiger partial charge >= 0.3 is 0 Å². The summed E-state index contributed by atoms with van der Waals surface area (Å²) in [5, 5.41) is 11.4. The number of nitrogens with zero attached hydrogens (tertiary/aromatic N) is 3. The van der Waals surface area contributed by atoms with Crippen LogP contribution in [0.25, 0.3) is 11.0 Å². The van der Waals surface area contributed by atoms with Crippen molar-refractivity contribution < 1.29 is 4.74 Å². The number of anilines is 1. The molecule has 7 heteroatoms. The number of nitrogens with one attached hydrogen (secondary N) is 2. The lowest BCUT2D eigenvalue weighted by Crippen LogP contribution is -2.19. The molecule has 0 radical (unpaired) electrons. The number of aryl methyl sites for hydroxylation is 1. The van der Waals surface area contributed by atoms with Gasteiger partial charge in [-0.15, -0.1) is 12.4 Å². The standard InChI is InChI=1S/C19H23N5O.ClH/c1-13-2-4-14(5-3-13)8-9-25-16-7-6-15(10-16)23-18-17-11-22-24-19(17)21-12-20-18;/h2-5,11-12,15-16H,6-10H2,1H3,(H2,20,21,22,23,24);1H/t15-,16-;/m0./s1. The van der Waals surface area contributed by atoms with E-state index in [4.69, 9.17) is 4.74 Å². The third-order valence-electron chi connectivity index (χ3n) is 4.84. The van der Waals surface area contributed by atoms with Crippen LogP contribution >= 0.6 is 12.4 Å². The quantitative estimate of drug-likeness (QED) is 0.689. The molecule has 2 heterocycles. The van der Waals surface area contributed by atoms with E-state index in [9.17, 15) is 0 Å². The van der Waals surface area contributed by atoms with Crippen LogP contribution in [0.3, 0.4) is 0 Å². The van der Waals surface area contributed by atoms with Crippen molar-refractivity contribution in [2.75, 3.05) is 11.9 Å². The van der Waals surface area contributed by atoms with Crippen molar-refractivity contribution in [2.45, 2.75) is 44.8 Å². The van der Waals surface area contributed by atoms with E-state index < -0.39 is 0 Å². The van der Waals surface area contributed by atoms with Crippen molar-refractivity contribution in [2.24, 2.45) is 0 Å². The highest BCUT2D eigenvalue weighted by molar-refractivity contribution is 5.85. The Morgan fingerprint density at radius 1 is 1.19 bits per heavy atom. The Balaban J connectivity index is 0.00000196. The van der Waals surface area contributed by atoms with Crippen LogP contribution in [-0.2, 0) is 11.2 Å². The van der Waals surface area contributed by atoms with Gasteiger partial charge in [0.05, 0.1) is 24.3 Å². The van der Waals surface area contributed by atoms with Crippen molar-refractivity contribution in [1.82, 2.24) is 20.2 Å². The Hall–Kier alpha value is -2.18. The van der Waals surface area contributed by atoms with Crippen LogP contribution in [0.1, 0.15) is 30.4 Å². The Morgan fingerprint density at radius 2 is 2.04 bits per heavy atom. The van der Waals surface area contributed by atoms with Gasteiger partial charge in [-0.2, -0.15) is 5.10 Å². The minimum atomic E-state index is 0. The van der Waals surface area contributed by atoms with E-state index in [1.54, 1.807) is 12.5 Å². The zero-order valence-electron chi connectivity index (χ0n) is 14.8. The van der Waals surface area contributed by atoms with Gasteiger partial charge in [0.25, 0.3) is 0 Å². The first-order valence-corrected chi connectivity index (χ1v) is 8.86. The lowest BCUT2D eigenvalue weighted by molar-refractivity contribution is 0.0601. The zero-order valence-corrected chi connectivity index (χ0v) is 15.6. The van der Waals surface area contributed by atoms with Crippen LogP contribution in [-0.4, -0.2) is 38.9 Å². The van der Waals surface area contributed by atoms with Crippen LogP contribution in [0.2, 0.25) is 0 Å². The summed E-state index contributed by atoms with van der Waals surface area (Å²) >= 11 is 0. The predicted molar refractivity (Wildman–Crippen MR) is 105 cm³/mol. The number of hydrogen-bond acceptors (Lipinski definition) is 5. The van der Waals surface area contributed by atoms with Crippen LogP contribution in [0.5, 0.6) is 0 Å².